The number of ether oxygens (including phenoxy) is 1. The summed E-state index contributed by atoms with van der Waals surface area (Å²) >= 11 is 0. The van der Waals surface area contributed by atoms with Gasteiger partial charge in [-0.3, -0.25) is 4.79 Å². The van der Waals surface area contributed by atoms with E-state index in [-0.39, 0.29) is 11.0 Å². The fourth-order valence-corrected chi connectivity index (χ4v) is 4.96. The van der Waals surface area contributed by atoms with Gasteiger partial charge < -0.3 is 9.30 Å². The molecule has 1 aromatic carbocycles. The maximum atomic E-state index is 13.5. The predicted octanol–water partition coefficient (Wildman–Crippen LogP) is 5.01. The Morgan fingerprint density at radius 2 is 2.03 bits per heavy atom. The zero-order chi connectivity index (χ0) is 20.5. The smallest absolute Gasteiger partial charge is 0.258 e. The molecule has 3 aromatic rings. The number of hydrogen-bond donors (Lipinski definition) is 0. The number of fused-ring (bicyclic) bond motifs is 5. The maximum absolute atomic E-state index is 13.5. The molecule has 0 fully saturated rings. The lowest BCUT2D eigenvalue weighted by atomic mass is 9.75. The number of rotatable bonds is 2. The summed E-state index contributed by atoms with van der Waals surface area (Å²) in [5.41, 5.74) is 8.08. The van der Waals surface area contributed by atoms with Crippen LogP contribution in [0.5, 0.6) is 0 Å². The number of hydrogen-bond acceptors (Lipinski definition) is 3. The van der Waals surface area contributed by atoms with Crippen LogP contribution >= 0.6 is 0 Å². The highest BCUT2D eigenvalue weighted by molar-refractivity contribution is 5.88. The molecule has 0 saturated carbocycles. The van der Waals surface area contributed by atoms with Gasteiger partial charge in [-0.2, -0.15) is 0 Å². The molecule has 0 unspecified atom stereocenters. The van der Waals surface area contributed by atoms with Crippen molar-refractivity contribution in [3.05, 3.63) is 74.8 Å². The van der Waals surface area contributed by atoms with E-state index < -0.39 is 0 Å². The Labute approximate surface area is 170 Å². The summed E-state index contributed by atoms with van der Waals surface area (Å²) in [5, 5.41) is 1.20. The minimum Gasteiger partial charge on any atom is -0.493 e. The van der Waals surface area contributed by atoms with Crippen molar-refractivity contribution in [3.8, 4) is 11.4 Å². The minimum absolute atomic E-state index is 0.0463. The van der Waals surface area contributed by atoms with Crippen LogP contribution in [0.3, 0.4) is 0 Å². The highest BCUT2D eigenvalue weighted by Crippen LogP contribution is 2.43. The molecule has 0 amide bonds. The van der Waals surface area contributed by atoms with Gasteiger partial charge in [-0.25, -0.2) is 4.98 Å². The first kappa shape index (κ1) is 18.2. The molecule has 0 radical (unpaired) electrons. The molecule has 29 heavy (non-hydrogen) atoms. The average molecular weight is 386 g/mol. The number of aryl methyl sites for hydroxylation is 2. The van der Waals surface area contributed by atoms with Crippen molar-refractivity contribution < 1.29 is 4.74 Å². The van der Waals surface area contributed by atoms with Crippen LogP contribution in [0.25, 0.3) is 22.3 Å². The van der Waals surface area contributed by atoms with E-state index in [0.29, 0.717) is 13.2 Å². The van der Waals surface area contributed by atoms with Gasteiger partial charge in [0.05, 0.1) is 34.8 Å². The van der Waals surface area contributed by atoms with Crippen molar-refractivity contribution in [1.29, 1.82) is 0 Å². The number of pyridine rings is 2. The lowest BCUT2D eigenvalue weighted by Gasteiger charge is -2.37. The highest BCUT2D eigenvalue weighted by atomic mass is 16.5. The predicted molar refractivity (Wildman–Crippen MR) is 116 cm³/mol. The monoisotopic (exact) mass is 386 g/mol. The van der Waals surface area contributed by atoms with E-state index in [1.165, 1.54) is 22.1 Å². The molecule has 5 rings (SSSR count). The van der Waals surface area contributed by atoms with Crippen molar-refractivity contribution in [2.45, 2.75) is 59.1 Å². The molecule has 0 spiro atoms. The fraction of sp³-hybridized carbons (Fsp3) is 0.360. The molecular formula is C25H26N2O2. The maximum Gasteiger partial charge on any atom is 0.258 e. The molecule has 0 N–H and O–H groups in total. The first-order chi connectivity index (χ1) is 13.9. The Bertz CT molecular complexity index is 1270. The van der Waals surface area contributed by atoms with Gasteiger partial charge in [0.25, 0.3) is 5.56 Å². The molecule has 0 saturated heterocycles. The van der Waals surface area contributed by atoms with Gasteiger partial charge >= 0.3 is 0 Å². The summed E-state index contributed by atoms with van der Waals surface area (Å²) < 4.78 is 7.71. The summed E-state index contributed by atoms with van der Waals surface area (Å²) in [7, 11) is 0. The molecule has 2 aromatic heterocycles. The van der Waals surface area contributed by atoms with Crippen LogP contribution < -0.4 is 5.56 Å². The van der Waals surface area contributed by atoms with E-state index in [9.17, 15) is 4.79 Å². The molecule has 2 aliphatic rings. The number of allylic oxidation sites excluding steroid dienone is 1. The summed E-state index contributed by atoms with van der Waals surface area (Å²) in [6.45, 7) is 13.5. The Kier molecular flexibility index (Phi) is 3.79. The summed E-state index contributed by atoms with van der Waals surface area (Å²) in [4.78, 5) is 18.5. The molecule has 4 nitrogen and oxygen atoms in total. The average Bonchev–Trinajstić information content (AvgIpc) is 3.08. The number of aromatic nitrogens is 2. The van der Waals surface area contributed by atoms with Gasteiger partial charge in [0.15, 0.2) is 0 Å². The quantitative estimate of drug-likeness (QED) is 0.486. The zero-order valence-corrected chi connectivity index (χ0v) is 17.6. The van der Waals surface area contributed by atoms with Crippen molar-refractivity contribution in [2.75, 3.05) is 0 Å². The molecule has 4 heterocycles. The van der Waals surface area contributed by atoms with E-state index in [1.807, 2.05) is 4.57 Å². The van der Waals surface area contributed by atoms with Crippen molar-refractivity contribution >= 4 is 10.9 Å². The first-order valence-electron chi connectivity index (χ1n) is 10.4. The molecule has 148 valence electrons. The first-order valence-corrected chi connectivity index (χ1v) is 10.4. The lowest BCUT2D eigenvalue weighted by molar-refractivity contribution is 0.132. The minimum atomic E-state index is -0.355. The Balaban J connectivity index is 1.84. The lowest BCUT2D eigenvalue weighted by Crippen LogP contribution is -2.37. The second kappa shape index (κ2) is 6.06. The third-order valence-corrected chi connectivity index (χ3v) is 6.98. The topological polar surface area (TPSA) is 44.1 Å². The SMILES string of the molecule is C=C1OCc2c(cc3n(c2=O)Cc2c-3nc3ccc(C)cc3c2CC)[C@@]1(C)CC. The molecule has 0 aliphatic carbocycles. The van der Waals surface area contributed by atoms with Gasteiger partial charge in [-0.05, 0) is 56.0 Å². The summed E-state index contributed by atoms with van der Waals surface area (Å²) in [5.74, 6) is 0.742. The normalized spacial score (nSPS) is 19.7. The van der Waals surface area contributed by atoms with Gasteiger partial charge in [-0.1, -0.05) is 32.1 Å². The van der Waals surface area contributed by atoms with E-state index >= 15 is 0 Å². The highest BCUT2D eigenvalue weighted by Gasteiger charge is 2.39. The molecule has 2 aliphatic heterocycles. The van der Waals surface area contributed by atoms with E-state index in [0.717, 1.165) is 46.6 Å². The number of benzene rings is 1. The standard InChI is InChI=1S/C25H26N2O2/c1-6-16-17-10-14(3)8-9-21(17)26-23-18(16)12-27-22(23)11-20-19(24(27)28)13-29-15(4)25(20,5)7-2/h8-11H,4,6-7,12-13H2,1-3,5H3/t25-/m0/s1. The van der Waals surface area contributed by atoms with E-state index in [1.54, 1.807) is 0 Å². The molecular weight excluding hydrogens is 360 g/mol. The molecule has 4 heteroatoms. The van der Waals surface area contributed by atoms with Crippen molar-refractivity contribution in [3.63, 3.8) is 0 Å². The Morgan fingerprint density at radius 1 is 1.24 bits per heavy atom. The second-order valence-corrected chi connectivity index (χ2v) is 8.50. The van der Waals surface area contributed by atoms with Gasteiger partial charge in [0.1, 0.15) is 6.61 Å². The van der Waals surface area contributed by atoms with Crippen LogP contribution in [0.15, 0.2) is 41.4 Å². The van der Waals surface area contributed by atoms with Crippen LogP contribution in [-0.4, -0.2) is 9.55 Å². The Morgan fingerprint density at radius 3 is 2.76 bits per heavy atom. The van der Waals surface area contributed by atoms with Crippen molar-refractivity contribution in [2.24, 2.45) is 0 Å². The molecule has 0 bridgehead atoms. The third kappa shape index (κ3) is 2.32. The van der Waals surface area contributed by atoms with Gasteiger partial charge in [-0.15, -0.1) is 0 Å². The summed E-state index contributed by atoms with van der Waals surface area (Å²) in [6, 6.07) is 8.58. The van der Waals surface area contributed by atoms with Crippen LogP contribution in [0.1, 0.15) is 55.0 Å². The summed E-state index contributed by atoms with van der Waals surface area (Å²) in [6.07, 6.45) is 1.75. The third-order valence-electron chi connectivity index (χ3n) is 6.98. The Hall–Kier alpha value is -2.88. The van der Waals surface area contributed by atoms with Gasteiger partial charge in [0, 0.05) is 16.4 Å². The molecule has 1 atom stereocenters. The van der Waals surface area contributed by atoms with Crippen LogP contribution in [0.2, 0.25) is 0 Å². The zero-order valence-electron chi connectivity index (χ0n) is 17.6. The largest absolute Gasteiger partial charge is 0.493 e. The van der Waals surface area contributed by atoms with Crippen LogP contribution in [0, 0.1) is 6.92 Å². The van der Waals surface area contributed by atoms with Crippen LogP contribution in [0.4, 0.5) is 0 Å². The van der Waals surface area contributed by atoms with Crippen LogP contribution in [-0.2, 0) is 29.7 Å². The second-order valence-electron chi connectivity index (χ2n) is 8.50. The number of nitrogens with zero attached hydrogens (tertiary/aromatic N) is 2. The fourth-order valence-electron chi connectivity index (χ4n) is 4.96. The van der Waals surface area contributed by atoms with E-state index in [4.69, 9.17) is 9.72 Å². The van der Waals surface area contributed by atoms with E-state index in [2.05, 4.69) is 58.5 Å². The van der Waals surface area contributed by atoms with Gasteiger partial charge in [0.2, 0.25) is 0 Å². The van der Waals surface area contributed by atoms with Crippen molar-refractivity contribution in [1.82, 2.24) is 9.55 Å².